The van der Waals surface area contributed by atoms with E-state index in [-0.39, 0.29) is 11.5 Å². The summed E-state index contributed by atoms with van der Waals surface area (Å²) in [7, 11) is 3.24. The zero-order chi connectivity index (χ0) is 18.9. The lowest BCUT2D eigenvalue weighted by molar-refractivity contribution is -0.462. The highest BCUT2D eigenvalue weighted by atomic mass is 19.3. The van der Waals surface area contributed by atoms with Crippen molar-refractivity contribution in [2.24, 2.45) is 0 Å². The summed E-state index contributed by atoms with van der Waals surface area (Å²) >= 11 is 0. The largest absolute Gasteiger partial charge is 0.725 e. The van der Waals surface area contributed by atoms with E-state index in [4.69, 9.17) is 9.31 Å². The second kappa shape index (κ2) is 6.82. The maximum absolute atomic E-state index is 14.0. The van der Waals surface area contributed by atoms with Gasteiger partial charge in [-0.2, -0.15) is 0 Å². The fraction of sp³-hybridized carbons (Fsp3) is 0.211. The molecule has 0 N–H and O–H groups in total. The van der Waals surface area contributed by atoms with E-state index in [1.165, 1.54) is 6.08 Å². The van der Waals surface area contributed by atoms with Gasteiger partial charge in [0.25, 0.3) is 0 Å². The second-order valence-corrected chi connectivity index (χ2v) is 6.53. The van der Waals surface area contributed by atoms with E-state index < -0.39 is 7.11 Å². The third-order valence-electron chi connectivity index (χ3n) is 4.13. The average molecular weight is 358 g/mol. The Bertz CT molecular complexity index is 844. The number of hydrogen-bond donors (Lipinski definition) is 0. The van der Waals surface area contributed by atoms with Crippen LogP contribution in [0, 0.1) is 0 Å². The van der Waals surface area contributed by atoms with Crippen molar-refractivity contribution in [2.45, 2.75) is 0 Å². The number of benzene rings is 1. The molecule has 136 valence electrons. The van der Waals surface area contributed by atoms with Gasteiger partial charge in [0.05, 0.1) is 11.5 Å². The van der Waals surface area contributed by atoms with Gasteiger partial charge < -0.3 is 22.8 Å². The van der Waals surface area contributed by atoms with Gasteiger partial charge in [-0.1, -0.05) is 0 Å². The van der Waals surface area contributed by atoms with E-state index in [1.54, 1.807) is 24.3 Å². The molecular weight excluding hydrogens is 337 g/mol. The number of allylic oxidation sites excluding steroid dienone is 6. The Morgan fingerprint density at radius 3 is 2.08 bits per heavy atom. The van der Waals surface area contributed by atoms with Crippen molar-refractivity contribution in [2.75, 3.05) is 33.1 Å². The van der Waals surface area contributed by atoms with Crippen LogP contribution in [-0.4, -0.2) is 45.6 Å². The van der Waals surface area contributed by atoms with E-state index in [1.807, 2.05) is 62.0 Å². The number of nitrogens with zero attached hydrogens (tertiary/aromatic N) is 2. The van der Waals surface area contributed by atoms with Crippen LogP contribution in [0.2, 0.25) is 0 Å². The monoisotopic (exact) mass is 358 g/mol. The van der Waals surface area contributed by atoms with Crippen molar-refractivity contribution in [1.82, 2.24) is 0 Å². The van der Waals surface area contributed by atoms with Crippen LogP contribution < -0.4 is 4.90 Å². The molecule has 0 atom stereocenters. The molecule has 0 fully saturated rings. The maximum Gasteiger partial charge on any atom is 0.725 e. The van der Waals surface area contributed by atoms with E-state index >= 15 is 0 Å². The number of anilines is 1. The summed E-state index contributed by atoms with van der Waals surface area (Å²) in [6.45, 7) is 0. The van der Waals surface area contributed by atoms with Crippen LogP contribution in [0.25, 0.3) is 5.76 Å². The van der Waals surface area contributed by atoms with Crippen LogP contribution in [0.15, 0.2) is 66.0 Å². The topological polar surface area (TPSA) is 24.7 Å². The smallest absolute Gasteiger partial charge is 0.627 e. The molecule has 1 aliphatic heterocycles. The molecule has 1 aromatic carbocycles. The summed E-state index contributed by atoms with van der Waals surface area (Å²) in [5.74, 6) is 0.191. The standard InChI is InChI=1S/C19H21BF2N2O2/c1-23(2)16-9-5-14(6-10-16)18-13-19(26-20(21,22)25-18)15-7-11-17(12-8-15)24(3)4/h5-13H,1-4H3. The van der Waals surface area contributed by atoms with Gasteiger partial charge in [-0.3, -0.25) is 0 Å². The minimum Gasteiger partial charge on any atom is -0.627 e. The minimum absolute atomic E-state index is 0.0956. The van der Waals surface area contributed by atoms with E-state index in [0.717, 1.165) is 11.4 Å². The van der Waals surface area contributed by atoms with Gasteiger partial charge in [0.1, 0.15) is 14.1 Å². The summed E-state index contributed by atoms with van der Waals surface area (Å²) in [6.07, 6.45) is 8.72. The molecule has 0 saturated heterocycles. The van der Waals surface area contributed by atoms with Crippen molar-refractivity contribution in [3.63, 3.8) is 0 Å². The average Bonchev–Trinajstić information content (AvgIpc) is 2.60. The van der Waals surface area contributed by atoms with Gasteiger partial charge in [-0.15, -0.1) is 0 Å². The molecule has 0 saturated carbocycles. The highest BCUT2D eigenvalue weighted by Gasteiger charge is 2.38. The van der Waals surface area contributed by atoms with Crippen LogP contribution >= 0.6 is 0 Å². The Balaban J connectivity index is 1.99. The van der Waals surface area contributed by atoms with Crippen molar-refractivity contribution < 1.29 is 22.5 Å². The molecule has 0 radical (unpaired) electrons. The first-order valence-electron chi connectivity index (χ1n) is 8.27. The van der Waals surface area contributed by atoms with E-state index in [0.29, 0.717) is 11.1 Å². The molecule has 7 heteroatoms. The molecule has 1 heterocycles. The molecular formula is C19H21BF2N2O2. The predicted molar refractivity (Wildman–Crippen MR) is 101 cm³/mol. The molecule has 4 nitrogen and oxygen atoms in total. The summed E-state index contributed by atoms with van der Waals surface area (Å²) in [4.78, 5) is 1.94. The molecule has 0 spiro atoms. The van der Waals surface area contributed by atoms with Crippen molar-refractivity contribution >= 4 is 24.3 Å². The Morgan fingerprint density at radius 2 is 1.54 bits per heavy atom. The third-order valence-corrected chi connectivity index (χ3v) is 4.13. The van der Waals surface area contributed by atoms with Crippen molar-refractivity contribution in [1.29, 1.82) is 0 Å². The van der Waals surface area contributed by atoms with Crippen molar-refractivity contribution in [3.05, 3.63) is 71.5 Å². The summed E-state index contributed by atoms with van der Waals surface area (Å²) in [5.41, 5.74) is 3.09. The van der Waals surface area contributed by atoms with Gasteiger partial charge in [-0.05, 0) is 36.4 Å². The van der Waals surface area contributed by atoms with E-state index in [9.17, 15) is 8.63 Å². The quantitative estimate of drug-likeness (QED) is 0.597. The molecule has 3 rings (SSSR count). The molecule has 0 unspecified atom stereocenters. The number of hydrogen-bond acceptors (Lipinski definition) is 3. The Kier molecular flexibility index (Phi) is 4.72. The first-order chi connectivity index (χ1) is 12.2. The zero-order valence-corrected chi connectivity index (χ0v) is 15.2. The molecule has 0 amide bonds. The Labute approximate surface area is 152 Å². The SMILES string of the molecule is CN(C)c1ccc(C2=CC(=C3C=CC(=[N+](C)C)C=C3)O[B-](F)(F)O2)cc1. The molecule has 1 aliphatic carbocycles. The van der Waals surface area contributed by atoms with Gasteiger partial charge in [0.15, 0.2) is 5.71 Å². The van der Waals surface area contributed by atoms with Crippen LogP contribution in [0.3, 0.4) is 0 Å². The normalized spacial score (nSPS) is 18.2. The van der Waals surface area contributed by atoms with Crippen molar-refractivity contribution in [3.8, 4) is 0 Å². The maximum atomic E-state index is 14.0. The minimum atomic E-state index is -4.42. The molecule has 0 aromatic heterocycles. The lowest BCUT2D eigenvalue weighted by Crippen LogP contribution is -2.34. The predicted octanol–water partition coefficient (Wildman–Crippen LogP) is 3.61. The fourth-order valence-electron chi connectivity index (χ4n) is 2.66. The molecule has 0 bridgehead atoms. The lowest BCUT2D eigenvalue weighted by atomic mass is 10.0. The van der Waals surface area contributed by atoms with Gasteiger partial charge in [-0.25, -0.2) is 4.58 Å². The van der Waals surface area contributed by atoms with E-state index in [2.05, 4.69) is 0 Å². The Morgan fingerprint density at radius 1 is 0.923 bits per heavy atom. The second-order valence-electron chi connectivity index (χ2n) is 6.53. The van der Waals surface area contributed by atoms with Gasteiger partial charge in [0.2, 0.25) is 0 Å². The van der Waals surface area contributed by atoms with Crippen LogP contribution in [0.4, 0.5) is 14.3 Å². The highest BCUT2D eigenvalue weighted by molar-refractivity contribution is 6.53. The van der Waals surface area contributed by atoms with Gasteiger partial charge in [0, 0.05) is 49.1 Å². The molecule has 26 heavy (non-hydrogen) atoms. The first kappa shape index (κ1) is 18.0. The third kappa shape index (κ3) is 3.87. The lowest BCUT2D eigenvalue weighted by Gasteiger charge is -2.35. The summed E-state index contributed by atoms with van der Waals surface area (Å²) in [6, 6.07) is 7.22. The van der Waals surface area contributed by atoms with Crippen LogP contribution in [0.5, 0.6) is 0 Å². The zero-order valence-electron chi connectivity index (χ0n) is 15.2. The number of rotatable bonds is 2. The van der Waals surface area contributed by atoms with Crippen LogP contribution in [0.1, 0.15) is 5.56 Å². The Hall–Kier alpha value is -2.83. The molecule has 2 aliphatic rings. The fourth-order valence-corrected chi connectivity index (χ4v) is 2.66. The van der Waals surface area contributed by atoms with Gasteiger partial charge >= 0.3 is 7.11 Å². The number of halogens is 2. The summed E-state index contributed by atoms with van der Waals surface area (Å²) < 4.78 is 39.6. The molecule has 1 aromatic rings. The van der Waals surface area contributed by atoms with Crippen LogP contribution in [-0.2, 0) is 9.31 Å². The first-order valence-corrected chi connectivity index (χ1v) is 8.27. The highest BCUT2D eigenvalue weighted by Crippen LogP contribution is 2.34. The summed E-state index contributed by atoms with van der Waals surface area (Å²) in [5, 5.41) is 0.